The fourth-order valence-corrected chi connectivity index (χ4v) is 3.78. The van der Waals surface area contributed by atoms with E-state index in [4.69, 9.17) is 18.0 Å². The van der Waals surface area contributed by atoms with Gasteiger partial charge in [-0.3, -0.25) is 0 Å². The number of thiocarbonyl (C=S) groups is 1. The van der Waals surface area contributed by atoms with Gasteiger partial charge in [0.1, 0.15) is 4.99 Å². The van der Waals surface area contributed by atoms with Crippen LogP contribution in [0.5, 0.6) is 0 Å². The predicted octanol–water partition coefficient (Wildman–Crippen LogP) is 0.0338. The average molecular weight is 336 g/mol. The molecule has 0 aliphatic rings. The first-order valence-corrected chi connectivity index (χ1v) is 9.50. The molecule has 0 amide bonds. The van der Waals surface area contributed by atoms with Crippen molar-refractivity contribution in [1.29, 1.82) is 0 Å². The second-order valence-electron chi connectivity index (χ2n) is 3.99. The molecule has 9 heteroatoms. The normalized spacial score (nSPS) is 12.2. The molecule has 1 aromatic carbocycles. The molecule has 0 spiro atoms. The van der Waals surface area contributed by atoms with E-state index in [0.717, 1.165) is 0 Å². The Morgan fingerprint density at radius 3 is 2.40 bits per heavy atom. The maximum Gasteiger partial charge on any atom is 0.241 e. The third-order valence-corrected chi connectivity index (χ3v) is 6.03. The highest BCUT2D eigenvalue weighted by molar-refractivity contribution is 7.91. The largest absolute Gasteiger partial charge is 0.389 e. The number of nitrogens with two attached hydrogens (primary N) is 1. The smallest absolute Gasteiger partial charge is 0.241 e. The quantitative estimate of drug-likeness (QED) is 0.681. The number of sulfone groups is 1. The minimum Gasteiger partial charge on any atom is -0.389 e. The topological polar surface area (TPSA) is 106 Å². The van der Waals surface area contributed by atoms with E-state index in [1.54, 1.807) is 12.1 Å². The summed E-state index contributed by atoms with van der Waals surface area (Å²) in [5, 5.41) is 0. The van der Waals surface area contributed by atoms with Crippen LogP contribution in [0.3, 0.4) is 0 Å². The third kappa shape index (κ3) is 4.51. The van der Waals surface area contributed by atoms with Crippen LogP contribution in [0.1, 0.15) is 12.5 Å². The Bertz CT molecular complexity index is 696. The molecule has 0 saturated heterocycles. The van der Waals surface area contributed by atoms with E-state index in [1.807, 2.05) is 0 Å². The summed E-state index contributed by atoms with van der Waals surface area (Å²) in [6.45, 7) is 1.32. The zero-order chi connectivity index (χ0) is 15.4. The summed E-state index contributed by atoms with van der Waals surface area (Å²) in [5.41, 5.74) is 5.70. The van der Waals surface area contributed by atoms with Gasteiger partial charge in [0.05, 0.1) is 10.6 Å². The Hall–Kier alpha value is -1.03. The standard InChI is InChI=1S/C11H16N2O4S3/c1-2-19(14,15)8-7-13-20(16,17)10-6-4-3-5-9(10)11(12)18/h3-6,13H,2,7-8H2,1H3,(H2,12,18). The first-order valence-electron chi connectivity index (χ1n) is 5.78. The molecule has 0 saturated carbocycles. The van der Waals surface area contributed by atoms with Gasteiger partial charge in [0.2, 0.25) is 10.0 Å². The predicted molar refractivity (Wildman–Crippen MR) is 81.8 cm³/mol. The minimum absolute atomic E-state index is 0.0296. The van der Waals surface area contributed by atoms with E-state index in [0.29, 0.717) is 0 Å². The Labute approximate surface area is 124 Å². The van der Waals surface area contributed by atoms with Crippen molar-refractivity contribution in [2.75, 3.05) is 18.1 Å². The van der Waals surface area contributed by atoms with Crippen molar-refractivity contribution in [3.63, 3.8) is 0 Å². The molecule has 112 valence electrons. The number of sulfonamides is 1. The molecule has 0 aliphatic carbocycles. The summed E-state index contributed by atoms with van der Waals surface area (Å²) in [7, 11) is -7.08. The van der Waals surface area contributed by atoms with Crippen LogP contribution in [0, 0.1) is 0 Å². The summed E-state index contributed by atoms with van der Waals surface area (Å²) in [4.78, 5) is -0.0893. The number of nitrogens with one attached hydrogen (secondary N) is 1. The molecule has 0 atom stereocenters. The van der Waals surface area contributed by atoms with E-state index >= 15 is 0 Å². The highest BCUT2D eigenvalue weighted by Crippen LogP contribution is 2.14. The van der Waals surface area contributed by atoms with Crippen molar-refractivity contribution in [2.45, 2.75) is 11.8 Å². The van der Waals surface area contributed by atoms with Crippen molar-refractivity contribution in [3.8, 4) is 0 Å². The molecule has 0 bridgehead atoms. The van der Waals surface area contributed by atoms with Crippen molar-refractivity contribution < 1.29 is 16.8 Å². The minimum atomic E-state index is -3.85. The first kappa shape index (κ1) is 17.0. The molecular formula is C11H16N2O4S3. The van der Waals surface area contributed by atoms with Gasteiger partial charge in [0.25, 0.3) is 0 Å². The van der Waals surface area contributed by atoms with Crippen molar-refractivity contribution >= 4 is 37.1 Å². The molecule has 0 heterocycles. The fourth-order valence-electron chi connectivity index (χ4n) is 1.46. The number of hydrogen-bond donors (Lipinski definition) is 2. The summed E-state index contributed by atoms with van der Waals surface area (Å²) in [6.07, 6.45) is 0. The van der Waals surface area contributed by atoms with Crippen LogP contribution in [0.4, 0.5) is 0 Å². The molecule has 0 fully saturated rings. The summed E-state index contributed by atoms with van der Waals surface area (Å²) in [6, 6.07) is 6.03. The lowest BCUT2D eigenvalue weighted by molar-refractivity contribution is 0.581. The van der Waals surface area contributed by atoms with Crippen LogP contribution < -0.4 is 10.5 Å². The van der Waals surface area contributed by atoms with Gasteiger partial charge in [-0.15, -0.1) is 0 Å². The lowest BCUT2D eigenvalue weighted by Gasteiger charge is -2.10. The van der Waals surface area contributed by atoms with Crippen molar-refractivity contribution in [3.05, 3.63) is 29.8 Å². The van der Waals surface area contributed by atoms with E-state index in [1.165, 1.54) is 19.1 Å². The van der Waals surface area contributed by atoms with Crippen LogP contribution in [0.2, 0.25) is 0 Å². The SMILES string of the molecule is CCS(=O)(=O)CCNS(=O)(=O)c1ccccc1C(N)=S. The highest BCUT2D eigenvalue weighted by Gasteiger charge is 2.19. The summed E-state index contributed by atoms with van der Waals surface area (Å²) in [5.74, 6) is -0.282. The molecular weight excluding hydrogens is 320 g/mol. The maximum absolute atomic E-state index is 12.1. The van der Waals surface area contributed by atoms with E-state index in [2.05, 4.69) is 4.72 Å². The lowest BCUT2D eigenvalue weighted by Crippen LogP contribution is -2.31. The molecule has 0 aliphatic heterocycles. The van der Waals surface area contributed by atoms with Crippen LogP contribution in [0.15, 0.2) is 29.2 Å². The monoisotopic (exact) mass is 336 g/mol. The van der Waals surface area contributed by atoms with Gasteiger partial charge in [-0.1, -0.05) is 37.3 Å². The molecule has 0 radical (unpaired) electrons. The first-order chi connectivity index (χ1) is 9.19. The molecule has 1 rings (SSSR count). The van der Waals surface area contributed by atoms with Gasteiger partial charge in [-0.25, -0.2) is 21.6 Å². The molecule has 20 heavy (non-hydrogen) atoms. The van der Waals surface area contributed by atoms with Gasteiger partial charge in [-0.2, -0.15) is 0 Å². The second kappa shape index (κ2) is 6.61. The summed E-state index contributed by atoms with van der Waals surface area (Å²) >= 11 is 4.80. The van der Waals surface area contributed by atoms with Crippen LogP contribution >= 0.6 is 12.2 Å². The average Bonchev–Trinajstić information content (AvgIpc) is 2.38. The molecule has 1 aromatic rings. The maximum atomic E-state index is 12.1. The summed E-state index contributed by atoms with van der Waals surface area (Å²) < 4.78 is 49.1. The van der Waals surface area contributed by atoms with Crippen LogP contribution in [-0.2, 0) is 19.9 Å². The van der Waals surface area contributed by atoms with Gasteiger partial charge in [-0.05, 0) is 6.07 Å². The molecule has 6 nitrogen and oxygen atoms in total. The zero-order valence-electron chi connectivity index (χ0n) is 10.9. The fraction of sp³-hybridized carbons (Fsp3) is 0.364. The Morgan fingerprint density at radius 1 is 1.25 bits per heavy atom. The molecule has 0 aromatic heterocycles. The van der Waals surface area contributed by atoms with Crippen LogP contribution in [-0.4, -0.2) is 39.9 Å². The van der Waals surface area contributed by atoms with Gasteiger partial charge < -0.3 is 5.73 Å². The highest BCUT2D eigenvalue weighted by atomic mass is 32.2. The van der Waals surface area contributed by atoms with E-state index in [-0.39, 0.29) is 33.5 Å². The lowest BCUT2D eigenvalue weighted by atomic mass is 10.2. The number of hydrogen-bond acceptors (Lipinski definition) is 5. The van der Waals surface area contributed by atoms with Crippen molar-refractivity contribution in [1.82, 2.24) is 4.72 Å². The van der Waals surface area contributed by atoms with Crippen molar-refractivity contribution in [2.24, 2.45) is 5.73 Å². The Morgan fingerprint density at radius 2 is 1.85 bits per heavy atom. The van der Waals surface area contributed by atoms with E-state index < -0.39 is 19.9 Å². The number of benzene rings is 1. The molecule has 3 N–H and O–H groups in total. The van der Waals surface area contributed by atoms with Gasteiger partial charge in [0, 0.05) is 17.9 Å². The zero-order valence-corrected chi connectivity index (χ0v) is 13.3. The Kier molecular flexibility index (Phi) is 5.63. The third-order valence-electron chi connectivity index (χ3n) is 2.59. The van der Waals surface area contributed by atoms with Crippen LogP contribution in [0.25, 0.3) is 0 Å². The van der Waals surface area contributed by atoms with Gasteiger partial charge >= 0.3 is 0 Å². The Balaban J connectivity index is 2.93. The van der Waals surface area contributed by atoms with E-state index in [9.17, 15) is 16.8 Å². The van der Waals surface area contributed by atoms with Gasteiger partial charge in [0.15, 0.2) is 9.84 Å². The number of rotatable bonds is 7. The second-order valence-corrected chi connectivity index (χ2v) is 8.64. The molecule has 0 unspecified atom stereocenters.